The van der Waals surface area contributed by atoms with Crippen molar-refractivity contribution in [2.24, 2.45) is 5.92 Å². The molecule has 3 heteroatoms. The van der Waals surface area contributed by atoms with E-state index in [2.05, 4.69) is 29.8 Å². The quantitative estimate of drug-likeness (QED) is 0.763. The summed E-state index contributed by atoms with van der Waals surface area (Å²) in [5.74, 6) is 1.48. The van der Waals surface area contributed by atoms with E-state index in [1.807, 2.05) is 18.2 Å². The summed E-state index contributed by atoms with van der Waals surface area (Å²) >= 11 is 3.40. The zero-order chi connectivity index (χ0) is 13.4. The Morgan fingerprint density at radius 2 is 2.11 bits per heavy atom. The minimum atomic E-state index is 0.0326. The summed E-state index contributed by atoms with van der Waals surface area (Å²) in [5.41, 5.74) is 0.870. The van der Waals surface area contributed by atoms with Crippen LogP contribution in [0.4, 0.5) is 0 Å². The highest BCUT2D eigenvalue weighted by atomic mass is 79.9. The van der Waals surface area contributed by atoms with Crippen molar-refractivity contribution in [3.05, 3.63) is 28.2 Å². The second kappa shape index (κ2) is 8.54. The fourth-order valence-electron chi connectivity index (χ4n) is 1.87. The highest BCUT2D eigenvalue weighted by Crippen LogP contribution is 2.23. The number of rotatable bonds is 8. The van der Waals surface area contributed by atoms with Crippen molar-refractivity contribution in [3.8, 4) is 5.75 Å². The molecule has 0 radical (unpaired) electrons. The Kier molecular flexibility index (Phi) is 7.36. The average Bonchev–Trinajstić information content (AvgIpc) is 2.40. The first-order valence-corrected chi connectivity index (χ1v) is 7.52. The molecule has 0 spiro atoms. The summed E-state index contributed by atoms with van der Waals surface area (Å²) in [7, 11) is 0. The molecule has 0 aliphatic carbocycles. The largest absolute Gasteiger partial charge is 0.493 e. The molecule has 0 aliphatic rings. The van der Waals surface area contributed by atoms with E-state index in [4.69, 9.17) is 4.74 Å². The smallest absolute Gasteiger partial charge is 0.119 e. The lowest BCUT2D eigenvalue weighted by Crippen LogP contribution is -2.11. The van der Waals surface area contributed by atoms with Gasteiger partial charge in [0, 0.05) is 4.47 Å². The maximum Gasteiger partial charge on any atom is 0.119 e. The van der Waals surface area contributed by atoms with E-state index in [-0.39, 0.29) is 6.61 Å². The van der Waals surface area contributed by atoms with E-state index in [9.17, 15) is 5.11 Å². The Morgan fingerprint density at radius 3 is 2.72 bits per heavy atom. The van der Waals surface area contributed by atoms with Crippen LogP contribution in [0.1, 0.15) is 45.1 Å². The summed E-state index contributed by atoms with van der Waals surface area (Å²) in [6.45, 7) is 5.23. The van der Waals surface area contributed by atoms with Gasteiger partial charge >= 0.3 is 0 Å². The van der Waals surface area contributed by atoms with Crippen LogP contribution in [0.5, 0.6) is 5.75 Å². The lowest BCUT2D eigenvalue weighted by atomic mass is 10.0. The van der Waals surface area contributed by atoms with Crippen molar-refractivity contribution < 1.29 is 9.84 Å². The monoisotopic (exact) mass is 314 g/mol. The molecule has 1 aromatic carbocycles. The Hall–Kier alpha value is -0.540. The van der Waals surface area contributed by atoms with Crippen LogP contribution >= 0.6 is 15.9 Å². The van der Waals surface area contributed by atoms with E-state index in [1.165, 1.54) is 19.3 Å². The average molecular weight is 315 g/mol. The first kappa shape index (κ1) is 15.5. The van der Waals surface area contributed by atoms with Gasteiger partial charge in [0.15, 0.2) is 0 Å². The third-order valence-electron chi connectivity index (χ3n) is 3.22. The van der Waals surface area contributed by atoms with Crippen molar-refractivity contribution in [3.63, 3.8) is 0 Å². The predicted octanol–water partition coefficient (Wildman–Crippen LogP) is 4.54. The van der Waals surface area contributed by atoms with E-state index in [1.54, 1.807) is 0 Å². The molecule has 1 N–H and O–H groups in total. The number of unbranched alkanes of at least 4 members (excludes halogenated alkanes) is 1. The van der Waals surface area contributed by atoms with Gasteiger partial charge in [0.1, 0.15) is 5.75 Å². The molecule has 0 heterocycles. The Morgan fingerprint density at radius 1 is 1.33 bits per heavy atom. The molecule has 0 aromatic heterocycles. The second-order valence-electron chi connectivity index (χ2n) is 4.64. The van der Waals surface area contributed by atoms with Crippen LogP contribution in [0.3, 0.4) is 0 Å². The van der Waals surface area contributed by atoms with E-state index < -0.39 is 0 Å². The number of hydrogen-bond acceptors (Lipinski definition) is 2. The zero-order valence-corrected chi connectivity index (χ0v) is 12.9. The number of ether oxygens (including phenoxy) is 1. The van der Waals surface area contributed by atoms with Crippen LogP contribution in [0.2, 0.25) is 0 Å². The van der Waals surface area contributed by atoms with Gasteiger partial charge in [-0.25, -0.2) is 0 Å². The molecule has 2 nitrogen and oxygen atoms in total. The zero-order valence-electron chi connectivity index (χ0n) is 11.3. The van der Waals surface area contributed by atoms with Crippen LogP contribution in [-0.2, 0) is 6.61 Å². The summed E-state index contributed by atoms with van der Waals surface area (Å²) < 4.78 is 6.75. The molecule has 1 aromatic rings. The van der Waals surface area contributed by atoms with Crippen molar-refractivity contribution in [2.75, 3.05) is 6.61 Å². The second-order valence-corrected chi connectivity index (χ2v) is 5.49. The lowest BCUT2D eigenvalue weighted by Gasteiger charge is -2.16. The van der Waals surface area contributed by atoms with Crippen LogP contribution in [-0.4, -0.2) is 11.7 Å². The maximum atomic E-state index is 9.20. The van der Waals surface area contributed by atoms with Crippen molar-refractivity contribution in [1.82, 2.24) is 0 Å². The number of hydrogen-bond donors (Lipinski definition) is 1. The maximum absolute atomic E-state index is 9.20. The molecule has 0 aliphatic heterocycles. The number of benzene rings is 1. The first-order chi connectivity index (χ1) is 8.71. The van der Waals surface area contributed by atoms with Crippen molar-refractivity contribution >= 4 is 15.9 Å². The van der Waals surface area contributed by atoms with Gasteiger partial charge in [0.2, 0.25) is 0 Å². The van der Waals surface area contributed by atoms with Crippen molar-refractivity contribution in [2.45, 2.75) is 46.1 Å². The Bertz CT molecular complexity index is 352. The van der Waals surface area contributed by atoms with Crippen molar-refractivity contribution in [1.29, 1.82) is 0 Å². The minimum absolute atomic E-state index is 0.0326. The molecule has 1 atom stereocenters. The fourth-order valence-corrected chi connectivity index (χ4v) is 2.25. The fraction of sp³-hybridized carbons (Fsp3) is 0.600. The standard InChI is InChI=1S/C15H23BrO2/c1-3-5-6-12(4-2)11-18-14-7-8-15(16)13(9-14)10-17/h7-9,12,17H,3-6,10-11H2,1-2H3. The van der Waals surface area contributed by atoms with E-state index in [0.717, 1.165) is 28.8 Å². The van der Waals surface area contributed by atoms with Gasteiger partial charge in [0.25, 0.3) is 0 Å². The van der Waals surface area contributed by atoms with Crippen LogP contribution in [0.25, 0.3) is 0 Å². The third-order valence-corrected chi connectivity index (χ3v) is 3.99. The molecule has 102 valence electrons. The van der Waals surface area contributed by atoms with Gasteiger partial charge in [-0.2, -0.15) is 0 Å². The summed E-state index contributed by atoms with van der Waals surface area (Å²) in [5, 5.41) is 9.20. The highest BCUT2D eigenvalue weighted by Gasteiger charge is 2.08. The SMILES string of the molecule is CCCCC(CC)COc1ccc(Br)c(CO)c1. The van der Waals surface area contributed by atoms with Crippen LogP contribution in [0, 0.1) is 5.92 Å². The van der Waals surface area contributed by atoms with Gasteiger partial charge in [-0.1, -0.05) is 49.0 Å². The molecule has 0 fully saturated rings. The summed E-state index contributed by atoms with van der Waals surface area (Å²) in [6, 6.07) is 5.76. The number of halogens is 1. The van der Waals surface area contributed by atoms with E-state index >= 15 is 0 Å². The first-order valence-electron chi connectivity index (χ1n) is 6.73. The Balaban J connectivity index is 2.51. The third kappa shape index (κ3) is 4.99. The Labute approximate surface area is 118 Å². The summed E-state index contributed by atoms with van der Waals surface area (Å²) in [4.78, 5) is 0. The van der Waals surface area contributed by atoms with Gasteiger partial charge in [-0.05, 0) is 36.1 Å². The molecule has 0 bridgehead atoms. The predicted molar refractivity (Wildman–Crippen MR) is 78.9 cm³/mol. The molecule has 0 saturated heterocycles. The molecular weight excluding hydrogens is 292 g/mol. The van der Waals surface area contributed by atoms with Crippen LogP contribution < -0.4 is 4.74 Å². The normalized spacial score (nSPS) is 12.4. The molecule has 0 saturated carbocycles. The van der Waals surface area contributed by atoms with Gasteiger partial charge < -0.3 is 9.84 Å². The van der Waals surface area contributed by atoms with Gasteiger partial charge in [0.05, 0.1) is 13.2 Å². The molecule has 1 rings (SSSR count). The molecule has 18 heavy (non-hydrogen) atoms. The van der Waals surface area contributed by atoms with E-state index in [0.29, 0.717) is 5.92 Å². The number of aliphatic hydroxyl groups is 1. The van der Waals surface area contributed by atoms with Gasteiger partial charge in [-0.3, -0.25) is 0 Å². The van der Waals surface area contributed by atoms with Crippen LogP contribution in [0.15, 0.2) is 22.7 Å². The summed E-state index contributed by atoms with van der Waals surface area (Å²) in [6.07, 6.45) is 4.90. The van der Waals surface area contributed by atoms with Gasteiger partial charge in [-0.15, -0.1) is 0 Å². The minimum Gasteiger partial charge on any atom is -0.493 e. The topological polar surface area (TPSA) is 29.5 Å². The molecular formula is C15H23BrO2. The molecule has 0 amide bonds. The molecule has 1 unspecified atom stereocenters. The highest BCUT2D eigenvalue weighted by molar-refractivity contribution is 9.10. The number of aliphatic hydroxyl groups excluding tert-OH is 1. The lowest BCUT2D eigenvalue weighted by molar-refractivity contribution is 0.232.